The van der Waals surface area contributed by atoms with Crippen molar-refractivity contribution in [3.8, 4) is 0 Å². The van der Waals surface area contributed by atoms with E-state index in [9.17, 15) is 0 Å². The normalized spacial score (nSPS) is 15.8. The quantitative estimate of drug-likeness (QED) is 0.436. The molecule has 0 aliphatic carbocycles. The van der Waals surface area contributed by atoms with Gasteiger partial charge in [0.25, 0.3) is 0 Å². The predicted octanol–water partition coefficient (Wildman–Crippen LogP) is 2.70. The van der Waals surface area contributed by atoms with Gasteiger partial charge in [-0.2, -0.15) is 11.8 Å². The molecule has 0 aromatic heterocycles. The van der Waals surface area contributed by atoms with Crippen LogP contribution in [0.4, 0.5) is 0 Å². The molecule has 0 bridgehead atoms. The van der Waals surface area contributed by atoms with Crippen LogP contribution in [-0.2, 0) is 13.1 Å². The zero-order valence-corrected chi connectivity index (χ0v) is 15.3. The van der Waals surface area contributed by atoms with Crippen molar-refractivity contribution in [1.82, 2.24) is 15.5 Å². The van der Waals surface area contributed by atoms with Gasteiger partial charge in [-0.15, -0.1) is 0 Å². The Kier molecular flexibility index (Phi) is 8.32. The molecule has 0 spiro atoms. The van der Waals surface area contributed by atoms with Gasteiger partial charge in [-0.05, 0) is 55.5 Å². The summed E-state index contributed by atoms with van der Waals surface area (Å²) in [5.41, 5.74) is 2.71. The van der Waals surface area contributed by atoms with Crippen molar-refractivity contribution in [2.45, 2.75) is 32.4 Å². The lowest BCUT2D eigenvalue weighted by Crippen LogP contribution is -2.37. The number of thioether (sulfide) groups is 1. The standard InChI is InChI=1S/C18H30N4S/c1-19-18(20-10-5-13-23-2)21-14-16-6-8-17(9-7-16)15-22-11-3-4-12-22/h6-9H,3-5,10-15H2,1-2H3,(H2,19,20,21). The van der Waals surface area contributed by atoms with Crippen LogP contribution in [0.25, 0.3) is 0 Å². The number of hydrogen-bond acceptors (Lipinski definition) is 3. The van der Waals surface area contributed by atoms with E-state index in [0.29, 0.717) is 0 Å². The molecule has 2 N–H and O–H groups in total. The lowest BCUT2D eigenvalue weighted by molar-refractivity contribution is 0.331. The second-order valence-electron chi connectivity index (χ2n) is 6.00. The van der Waals surface area contributed by atoms with E-state index < -0.39 is 0 Å². The molecule has 1 aromatic carbocycles. The number of nitrogens with one attached hydrogen (secondary N) is 2. The van der Waals surface area contributed by atoms with Crippen molar-refractivity contribution in [3.63, 3.8) is 0 Å². The van der Waals surface area contributed by atoms with Gasteiger partial charge < -0.3 is 10.6 Å². The van der Waals surface area contributed by atoms with Crippen LogP contribution in [0.5, 0.6) is 0 Å². The molecule has 1 fully saturated rings. The third-order valence-electron chi connectivity index (χ3n) is 4.13. The third kappa shape index (κ3) is 6.83. The Morgan fingerprint density at radius 2 is 1.83 bits per heavy atom. The van der Waals surface area contributed by atoms with Gasteiger partial charge in [-0.1, -0.05) is 24.3 Å². The summed E-state index contributed by atoms with van der Waals surface area (Å²) in [5, 5.41) is 6.73. The van der Waals surface area contributed by atoms with Crippen molar-refractivity contribution in [3.05, 3.63) is 35.4 Å². The Morgan fingerprint density at radius 3 is 2.48 bits per heavy atom. The van der Waals surface area contributed by atoms with Gasteiger partial charge in [-0.3, -0.25) is 9.89 Å². The molecular weight excluding hydrogens is 304 g/mol. The summed E-state index contributed by atoms with van der Waals surface area (Å²) in [5.74, 6) is 2.06. The highest BCUT2D eigenvalue weighted by molar-refractivity contribution is 7.98. The third-order valence-corrected chi connectivity index (χ3v) is 4.83. The van der Waals surface area contributed by atoms with Crippen molar-refractivity contribution in [2.75, 3.05) is 38.7 Å². The number of benzene rings is 1. The van der Waals surface area contributed by atoms with E-state index in [1.807, 2.05) is 18.8 Å². The zero-order chi connectivity index (χ0) is 16.3. The highest BCUT2D eigenvalue weighted by atomic mass is 32.2. The van der Waals surface area contributed by atoms with E-state index in [-0.39, 0.29) is 0 Å². The summed E-state index contributed by atoms with van der Waals surface area (Å²) < 4.78 is 0. The van der Waals surface area contributed by atoms with Gasteiger partial charge in [0.15, 0.2) is 5.96 Å². The van der Waals surface area contributed by atoms with Gasteiger partial charge in [0.1, 0.15) is 0 Å². The first kappa shape index (κ1) is 18.1. The van der Waals surface area contributed by atoms with Crippen LogP contribution in [0.3, 0.4) is 0 Å². The average molecular weight is 335 g/mol. The number of hydrogen-bond donors (Lipinski definition) is 2. The number of aliphatic imine (C=N–C) groups is 1. The first-order chi connectivity index (χ1) is 11.3. The van der Waals surface area contributed by atoms with Gasteiger partial charge >= 0.3 is 0 Å². The van der Waals surface area contributed by atoms with Gasteiger partial charge in [0.2, 0.25) is 0 Å². The fourth-order valence-corrected chi connectivity index (χ4v) is 3.22. The topological polar surface area (TPSA) is 39.7 Å². The minimum absolute atomic E-state index is 0.812. The average Bonchev–Trinajstić information content (AvgIpc) is 3.08. The molecule has 5 heteroatoms. The summed E-state index contributed by atoms with van der Waals surface area (Å²) in [6.45, 7) is 5.37. The highest BCUT2D eigenvalue weighted by Gasteiger charge is 2.11. The summed E-state index contributed by atoms with van der Waals surface area (Å²) in [6.07, 6.45) is 6.00. The Labute approximate surface area is 145 Å². The first-order valence-corrected chi connectivity index (χ1v) is 9.95. The minimum Gasteiger partial charge on any atom is -0.356 e. The fraction of sp³-hybridized carbons (Fsp3) is 0.611. The molecule has 1 heterocycles. The summed E-state index contributed by atoms with van der Waals surface area (Å²) in [4.78, 5) is 6.80. The molecule has 128 valence electrons. The van der Waals surface area contributed by atoms with Crippen molar-refractivity contribution in [2.24, 2.45) is 4.99 Å². The monoisotopic (exact) mass is 334 g/mol. The maximum Gasteiger partial charge on any atom is 0.191 e. The maximum atomic E-state index is 4.27. The van der Waals surface area contributed by atoms with Gasteiger partial charge in [0.05, 0.1) is 0 Å². The lowest BCUT2D eigenvalue weighted by Gasteiger charge is -2.15. The second kappa shape index (κ2) is 10.6. The molecule has 4 nitrogen and oxygen atoms in total. The minimum atomic E-state index is 0.812. The van der Waals surface area contributed by atoms with E-state index in [0.717, 1.165) is 32.0 Å². The summed E-state index contributed by atoms with van der Waals surface area (Å²) in [6, 6.07) is 8.95. The molecule has 1 saturated heterocycles. The Bertz CT molecular complexity index is 466. The molecule has 0 saturated carbocycles. The molecule has 2 rings (SSSR count). The van der Waals surface area contributed by atoms with Crippen LogP contribution < -0.4 is 10.6 Å². The van der Waals surface area contributed by atoms with Crippen LogP contribution in [0.2, 0.25) is 0 Å². The van der Waals surface area contributed by atoms with Gasteiger partial charge in [0, 0.05) is 26.7 Å². The van der Waals surface area contributed by atoms with Crippen LogP contribution in [0.1, 0.15) is 30.4 Å². The molecular formula is C18H30N4S. The molecule has 0 radical (unpaired) electrons. The number of nitrogens with zero attached hydrogens (tertiary/aromatic N) is 2. The molecule has 1 aromatic rings. The predicted molar refractivity (Wildman–Crippen MR) is 102 cm³/mol. The first-order valence-electron chi connectivity index (χ1n) is 8.55. The van der Waals surface area contributed by atoms with Crippen LogP contribution in [0, 0.1) is 0 Å². The van der Waals surface area contributed by atoms with E-state index >= 15 is 0 Å². The smallest absolute Gasteiger partial charge is 0.191 e. The second-order valence-corrected chi connectivity index (χ2v) is 6.98. The van der Waals surface area contributed by atoms with Crippen LogP contribution in [-0.4, -0.2) is 49.6 Å². The largest absolute Gasteiger partial charge is 0.356 e. The van der Waals surface area contributed by atoms with E-state index in [1.54, 1.807) is 0 Å². The lowest BCUT2D eigenvalue weighted by atomic mass is 10.1. The molecule has 23 heavy (non-hydrogen) atoms. The van der Waals surface area contributed by atoms with E-state index in [2.05, 4.69) is 51.0 Å². The van der Waals surface area contributed by atoms with E-state index in [1.165, 1.54) is 42.8 Å². The molecule has 0 unspecified atom stereocenters. The zero-order valence-electron chi connectivity index (χ0n) is 14.5. The summed E-state index contributed by atoms with van der Waals surface area (Å²) in [7, 11) is 1.82. The van der Waals surface area contributed by atoms with Crippen molar-refractivity contribution >= 4 is 17.7 Å². The van der Waals surface area contributed by atoms with Crippen LogP contribution in [0.15, 0.2) is 29.3 Å². The molecule has 1 aliphatic rings. The molecule has 1 aliphatic heterocycles. The molecule has 0 atom stereocenters. The Morgan fingerprint density at radius 1 is 1.13 bits per heavy atom. The fourth-order valence-electron chi connectivity index (χ4n) is 2.79. The summed E-state index contributed by atoms with van der Waals surface area (Å²) >= 11 is 1.88. The molecule has 0 amide bonds. The SMILES string of the molecule is CN=C(NCCCSC)NCc1ccc(CN2CCCC2)cc1. The Balaban J connectivity index is 1.71. The van der Waals surface area contributed by atoms with Gasteiger partial charge in [-0.25, -0.2) is 0 Å². The van der Waals surface area contributed by atoms with Crippen molar-refractivity contribution in [1.29, 1.82) is 0 Å². The number of rotatable bonds is 8. The van der Waals surface area contributed by atoms with Crippen molar-refractivity contribution < 1.29 is 0 Å². The maximum absolute atomic E-state index is 4.27. The number of guanidine groups is 1. The number of likely N-dealkylation sites (tertiary alicyclic amines) is 1. The van der Waals surface area contributed by atoms with E-state index in [4.69, 9.17) is 0 Å². The van der Waals surface area contributed by atoms with Crippen LogP contribution >= 0.6 is 11.8 Å². The Hall–Kier alpha value is -1.20. The highest BCUT2D eigenvalue weighted by Crippen LogP contribution is 2.13.